The van der Waals surface area contributed by atoms with Crippen molar-refractivity contribution in [2.75, 3.05) is 19.7 Å². The molecule has 7 nitrogen and oxygen atoms in total. The Morgan fingerprint density at radius 3 is 2.79 bits per heavy atom. The summed E-state index contributed by atoms with van der Waals surface area (Å²) in [5.74, 6) is 0. The Bertz CT molecular complexity index is 371. The molecule has 0 aliphatic heterocycles. The lowest BCUT2D eigenvalue weighted by molar-refractivity contribution is 0.158. The summed E-state index contributed by atoms with van der Waals surface area (Å²) in [4.78, 5) is 38.2. The molecule has 0 spiro atoms. The number of hydrogen-bond donors (Lipinski definition) is 1. The van der Waals surface area contributed by atoms with Crippen molar-refractivity contribution in [2.24, 2.45) is 9.98 Å². The third kappa shape index (κ3) is 10.6. The smallest absolute Gasteiger partial charge is 0.407 e. The van der Waals surface area contributed by atoms with Crippen LogP contribution in [-0.4, -0.2) is 44.0 Å². The summed E-state index contributed by atoms with van der Waals surface area (Å²) >= 11 is 0. The van der Waals surface area contributed by atoms with Crippen LogP contribution >= 0.6 is 0 Å². The zero-order chi connectivity index (χ0) is 14.3. The van der Waals surface area contributed by atoms with Crippen LogP contribution in [-0.2, 0) is 14.3 Å². The van der Waals surface area contributed by atoms with Gasteiger partial charge < -0.3 is 10.1 Å². The third-order valence-corrected chi connectivity index (χ3v) is 2.19. The summed E-state index contributed by atoms with van der Waals surface area (Å²) in [7, 11) is 0. The van der Waals surface area contributed by atoms with E-state index in [1.54, 1.807) is 0 Å². The van der Waals surface area contributed by atoms with Crippen LogP contribution in [0.25, 0.3) is 0 Å². The molecule has 0 radical (unpaired) electrons. The summed E-state index contributed by atoms with van der Waals surface area (Å²) in [6.07, 6.45) is 5.56. The Morgan fingerprint density at radius 2 is 2.16 bits per heavy atom. The SMILES string of the molecule is C=CCOC(=O)NCCCC(CCN=C=O)N=C=O. The van der Waals surface area contributed by atoms with Gasteiger partial charge in [-0.15, -0.1) is 0 Å². The van der Waals surface area contributed by atoms with Crippen LogP contribution in [0.2, 0.25) is 0 Å². The standard InChI is InChI=1S/C12H17N3O4/c1-2-8-19-12(18)14-6-3-4-11(15-10-17)5-7-13-9-16/h2,11H,1,3-8H2,(H,14,18). The van der Waals surface area contributed by atoms with E-state index < -0.39 is 6.09 Å². The fraction of sp³-hybridized carbons (Fsp3) is 0.583. The molecule has 0 heterocycles. The van der Waals surface area contributed by atoms with Crippen LogP contribution in [0.15, 0.2) is 22.6 Å². The van der Waals surface area contributed by atoms with Gasteiger partial charge in [0.05, 0.1) is 12.6 Å². The monoisotopic (exact) mass is 267 g/mol. The molecule has 0 rings (SSSR count). The van der Waals surface area contributed by atoms with Gasteiger partial charge in [-0.25, -0.2) is 24.4 Å². The Balaban J connectivity index is 3.79. The minimum atomic E-state index is -0.513. The van der Waals surface area contributed by atoms with Crippen molar-refractivity contribution in [3.05, 3.63) is 12.7 Å². The number of nitrogens with one attached hydrogen (secondary N) is 1. The highest BCUT2D eigenvalue weighted by atomic mass is 16.5. The van der Waals surface area contributed by atoms with Crippen molar-refractivity contribution in [3.63, 3.8) is 0 Å². The molecule has 1 unspecified atom stereocenters. The van der Waals surface area contributed by atoms with Gasteiger partial charge in [-0.2, -0.15) is 0 Å². The predicted octanol–water partition coefficient (Wildman–Crippen LogP) is 1.11. The highest BCUT2D eigenvalue weighted by molar-refractivity contribution is 5.67. The number of nitrogens with zero attached hydrogens (tertiary/aromatic N) is 2. The topological polar surface area (TPSA) is 97.2 Å². The number of carbonyl (C=O) groups excluding carboxylic acids is 3. The van der Waals surface area contributed by atoms with Gasteiger partial charge in [0.15, 0.2) is 0 Å². The lowest BCUT2D eigenvalue weighted by Crippen LogP contribution is -2.26. The fourth-order valence-corrected chi connectivity index (χ4v) is 1.32. The van der Waals surface area contributed by atoms with Crippen molar-refractivity contribution < 1.29 is 19.1 Å². The lowest BCUT2D eigenvalue weighted by atomic mass is 10.1. The zero-order valence-corrected chi connectivity index (χ0v) is 10.6. The first kappa shape index (κ1) is 16.8. The quantitative estimate of drug-likeness (QED) is 0.277. The fourth-order valence-electron chi connectivity index (χ4n) is 1.32. The van der Waals surface area contributed by atoms with Gasteiger partial charge in [-0.05, 0) is 19.3 Å². The van der Waals surface area contributed by atoms with Crippen molar-refractivity contribution >= 4 is 18.3 Å². The number of isocyanates is 2. The second-order valence-electron chi connectivity index (χ2n) is 3.59. The van der Waals surface area contributed by atoms with Gasteiger partial charge in [0.25, 0.3) is 0 Å². The highest BCUT2D eigenvalue weighted by Gasteiger charge is 2.07. The van der Waals surface area contributed by atoms with Gasteiger partial charge in [0.2, 0.25) is 12.2 Å². The lowest BCUT2D eigenvalue weighted by Gasteiger charge is -2.09. The van der Waals surface area contributed by atoms with Gasteiger partial charge in [-0.1, -0.05) is 12.7 Å². The number of amides is 1. The van der Waals surface area contributed by atoms with Gasteiger partial charge in [0.1, 0.15) is 6.61 Å². The van der Waals surface area contributed by atoms with Gasteiger partial charge in [-0.3, -0.25) is 0 Å². The highest BCUT2D eigenvalue weighted by Crippen LogP contribution is 2.06. The molecule has 0 saturated heterocycles. The molecule has 0 aromatic carbocycles. The number of aliphatic imine (C=N–C) groups is 2. The Morgan fingerprint density at radius 1 is 1.37 bits per heavy atom. The first-order valence-corrected chi connectivity index (χ1v) is 5.86. The van der Waals surface area contributed by atoms with E-state index in [1.165, 1.54) is 18.2 Å². The minimum absolute atomic E-state index is 0.160. The Kier molecular flexibility index (Phi) is 10.8. The van der Waals surface area contributed by atoms with Crippen LogP contribution in [0, 0.1) is 0 Å². The van der Waals surface area contributed by atoms with Crippen molar-refractivity contribution in [3.8, 4) is 0 Å². The molecule has 0 saturated carbocycles. The molecule has 0 fully saturated rings. The largest absolute Gasteiger partial charge is 0.445 e. The predicted molar refractivity (Wildman–Crippen MR) is 68.3 cm³/mol. The minimum Gasteiger partial charge on any atom is -0.445 e. The molecular weight excluding hydrogens is 250 g/mol. The normalized spacial score (nSPS) is 10.5. The third-order valence-electron chi connectivity index (χ3n) is 2.19. The van der Waals surface area contributed by atoms with E-state index in [4.69, 9.17) is 4.74 Å². The number of rotatable bonds is 10. The van der Waals surface area contributed by atoms with Crippen molar-refractivity contribution in [1.82, 2.24) is 5.32 Å². The molecule has 1 amide bonds. The van der Waals surface area contributed by atoms with Crippen LogP contribution in [0.4, 0.5) is 4.79 Å². The number of carbonyl (C=O) groups is 1. The first-order valence-electron chi connectivity index (χ1n) is 5.86. The summed E-state index contributed by atoms with van der Waals surface area (Å²) in [6.45, 7) is 4.26. The van der Waals surface area contributed by atoms with Crippen LogP contribution < -0.4 is 5.32 Å². The molecule has 0 bridgehead atoms. The van der Waals surface area contributed by atoms with E-state index in [0.717, 1.165) is 0 Å². The molecule has 0 aliphatic rings. The average molecular weight is 267 g/mol. The van der Waals surface area contributed by atoms with E-state index in [1.807, 2.05) is 0 Å². The average Bonchev–Trinajstić information content (AvgIpc) is 2.41. The van der Waals surface area contributed by atoms with E-state index in [0.29, 0.717) is 25.8 Å². The Labute approximate surface area is 111 Å². The maximum atomic E-state index is 11.1. The number of ether oxygens (including phenoxy) is 1. The van der Waals surface area contributed by atoms with E-state index in [-0.39, 0.29) is 19.2 Å². The molecule has 1 atom stereocenters. The molecule has 19 heavy (non-hydrogen) atoms. The van der Waals surface area contributed by atoms with E-state index in [9.17, 15) is 14.4 Å². The molecule has 104 valence electrons. The molecule has 1 N–H and O–H groups in total. The maximum Gasteiger partial charge on any atom is 0.407 e. The molecule has 0 aromatic rings. The first-order chi connectivity index (χ1) is 9.24. The summed E-state index contributed by atoms with van der Waals surface area (Å²) < 4.78 is 4.71. The van der Waals surface area contributed by atoms with Crippen molar-refractivity contribution in [1.29, 1.82) is 0 Å². The van der Waals surface area contributed by atoms with Gasteiger partial charge in [0, 0.05) is 6.54 Å². The number of alkyl carbamates (subject to hydrolysis) is 1. The van der Waals surface area contributed by atoms with E-state index >= 15 is 0 Å². The second-order valence-corrected chi connectivity index (χ2v) is 3.59. The van der Waals surface area contributed by atoms with Gasteiger partial charge >= 0.3 is 6.09 Å². The maximum absolute atomic E-state index is 11.1. The number of hydrogen-bond acceptors (Lipinski definition) is 6. The molecular formula is C12H17N3O4. The summed E-state index contributed by atoms with van der Waals surface area (Å²) in [6, 6.07) is -0.249. The van der Waals surface area contributed by atoms with Crippen LogP contribution in [0.3, 0.4) is 0 Å². The molecule has 0 aliphatic carbocycles. The van der Waals surface area contributed by atoms with Crippen molar-refractivity contribution in [2.45, 2.75) is 25.3 Å². The molecule has 7 heteroatoms. The van der Waals surface area contributed by atoms with Crippen LogP contribution in [0.1, 0.15) is 19.3 Å². The van der Waals surface area contributed by atoms with E-state index in [2.05, 4.69) is 21.9 Å². The van der Waals surface area contributed by atoms with Crippen LogP contribution in [0.5, 0.6) is 0 Å². The second kappa shape index (κ2) is 12.2. The molecule has 0 aromatic heterocycles. The summed E-state index contributed by atoms with van der Waals surface area (Å²) in [5, 5.41) is 2.55. The Hall–Kier alpha value is -2.23. The summed E-state index contributed by atoms with van der Waals surface area (Å²) in [5.41, 5.74) is 0. The zero-order valence-electron chi connectivity index (χ0n) is 10.6.